The van der Waals surface area contributed by atoms with E-state index in [1.54, 1.807) is 0 Å². The molecule has 0 bridgehead atoms. The van der Waals surface area contributed by atoms with E-state index in [2.05, 4.69) is 32.4 Å². The fraction of sp³-hybridized carbons (Fsp3) is 0.588. The predicted octanol–water partition coefficient (Wildman–Crippen LogP) is 2.14. The standard InChI is InChI=1S/C17H24IN3O/c18-16-6-2-1-5-15(16)17(22)21-13-11-20(12-14-21)10-9-19-7-3-4-8-19/h1-2,5-6H,3-4,7-14H2. The van der Waals surface area contributed by atoms with Gasteiger partial charge in [-0.05, 0) is 60.7 Å². The molecule has 2 aliphatic heterocycles. The minimum atomic E-state index is 0.184. The van der Waals surface area contributed by atoms with E-state index in [-0.39, 0.29) is 5.91 Å². The molecule has 4 nitrogen and oxygen atoms in total. The van der Waals surface area contributed by atoms with Crippen molar-refractivity contribution in [1.29, 1.82) is 0 Å². The van der Waals surface area contributed by atoms with Gasteiger partial charge < -0.3 is 9.80 Å². The van der Waals surface area contributed by atoms with Gasteiger partial charge in [0.25, 0.3) is 5.91 Å². The molecule has 0 spiro atoms. The lowest BCUT2D eigenvalue weighted by molar-refractivity contribution is 0.0625. The van der Waals surface area contributed by atoms with Crippen LogP contribution in [0.5, 0.6) is 0 Å². The normalized spacial score (nSPS) is 20.5. The van der Waals surface area contributed by atoms with Crippen LogP contribution in [0.3, 0.4) is 0 Å². The highest BCUT2D eigenvalue weighted by molar-refractivity contribution is 14.1. The van der Waals surface area contributed by atoms with Crippen molar-refractivity contribution in [3.8, 4) is 0 Å². The third-order valence-electron chi connectivity index (χ3n) is 4.69. The molecule has 22 heavy (non-hydrogen) atoms. The molecule has 2 heterocycles. The van der Waals surface area contributed by atoms with Gasteiger partial charge in [0.1, 0.15) is 0 Å². The number of halogens is 1. The van der Waals surface area contributed by atoms with E-state index < -0.39 is 0 Å². The van der Waals surface area contributed by atoms with Crippen LogP contribution in [-0.2, 0) is 0 Å². The SMILES string of the molecule is O=C(c1ccccc1I)N1CCN(CCN2CCCC2)CC1. The van der Waals surface area contributed by atoms with E-state index in [0.29, 0.717) is 0 Å². The molecule has 5 heteroatoms. The lowest BCUT2D eigenvalue weighted by atomic mass is 10.2. The average Bonchev–Trinajstić information content (AvgIpc) is 3.07. The second-order valence-corrected chi connectivity index (χ2v) is 7.32. The van der Waals surface area contributed by atoms with Crippen LogP contribution >= 0.6 is 22.6 Å². The number of rotatable bonds is 4. The maximum Gasteiger partial charge on any atom is 0.255 e. The molecule has 2 saturated heterocycles. The molecule has 0 N–H and O–H groups in total. The Labute approximate surface area is 146 Å². The summed E-state index contributed by atoms with van der Waals surface area (Å²) in [5, 5.41) is 0. The first kappa shape index (κ1) is 16.2. The van der Waals surface area contributed by atoms with Gasteiger partial charge in [-0.1, -0.05) is 12.1 Å². The number of piperazine rings is 1. The van der Waals surface area contributed by atoms with E-state index in [1.807, 2.05) is 29.2 Å². The Balaban J connectivity index is 1.47. The molecule has 3 rings (SSSR count). The molecule has 0 aliphatic carbocycles. The summed E-state index contributed by atoms with van der Waals surface area (Å²) in [5.74, 6) is 0.184. The van der Waals surface area contributed by atoms with E-state index >= 15 is 0 Å². The van der Waals surface area contributed by atoms with E-state index in [4.69, 9.17) is 0 Å². The van der Waals surface area contributed by atoms with Crippen LogP contribution in [0.25, 0.3) is 0 Å². The molecule has 0 atom stereocenters. The Hall–Kier alpha value is -0.660. The van der Waals surface area contributed by atoms with Crippen molar-refractivity contribution in [2.24, 2.45) is 0 Å². The van der Waals surface area contributed by atoms with Crippen LogP contribution < -0.4 is 0 Å². The molecular weight excluding hydrogens is 389 g/mol. The topological polar surface area (TPSA) is 26.8 Å². The van der Waals surface area contributed by atoms with Crippen molar-refractivity contribution in [2.75, 3.05) is 52.4 Å². The van der Waals surface area contributed by atoms with Crippen LogP contribution in [0.15, 0.2) is 24.3 Å². The number of carbonyl (C=O) groups is 1. The van der Waals surface area contributed by atoms with Gasteiger partial charge in [0.05, 0.1) is 5.56 Å². The lowest BCUT2D eigenvalue weighted by Crippen LogP contribution is -2.50. The zero-order valence-corrected chi connectivity index (χ0v) is 15.2. The molecule has 0 unspecified atom stereocenters. The summed E-state index contributed by atoms with van der Waals surface area (Å²) in [7, 11) is 0. The minimum Gasteiger partial charge on any atom is -0.336 e. The molecule has 2 aliphatic rings. The molecule has 1 aromatic carbocycles. The summed E-state index contributed by atoms with van der Waals surface area (Å²) in [6.07, 6.45) is 2.72. The van der Waals surface area contributed by atoms with E-state index in [1.165, 1.54) is 32.5 Å². The number of carbonyl (C=O) groups excluding carboxylic acids is 1. The Kier molecular flexibility index (Phi) is 5.71. The number of hydrogen-bond donors (Lipinski definition) is 0. The fourth-order valence-corrected chi connectivity index (χ4v) is 3.89. The average molecular weight is 413 g/mol. The van der Waals surface area contributed by atoms with Crippen LogP contribution in [0.1, 0.15) is 23.2 Å². The van der Waals surface area contributed by atoms with Gasteiger partial charge in [0.2, 0.25) is 0 Å². The molecule has 2 fully saturated rings. The number of nitrogens with zero attached hydrogens (tertiary/aromatic N) is 3. The Bertz CT molecular complexity index is 508. The zero-order valence-electron chi connectivity index (χ0n) is 13.0. The first-order chi connectivity index (χ1) is 10.7. The molecular formula is C17H24IN3O. The van der Waals surface area contributed by atoms with Crippen molar-refractivity contribution in [3.63, 3.8) is 0 Å². The number of likely N-dealkylation sites (tertiary alicyclic amines) is 1. The van der Waals surface area contributed by atoms with Gasteiger partial charge in [-0.15, -0.1) is 0 Å². The zero-order chi connectivity index (χ0) is 15.4. The second-order valence-electron chi connectivity index (χ2n) is 6.16. The molecule has 1 amide bonds. The monoisotopic (exact) mass is 413 g/mol. The second kappa shape index (κ2) is 7.75. The number of benzene rings is 1. The minimum absolute atomic E-state index is 0.184. The highest BCUT2D eigenvalue weighted by Crippen LogP contribution is 2.15. The van der Waals surface area contributed by atoms with Gasteiger partial charge >= 0.3 is 0 Å². The van der Waals surface area contributed by atoms with Crippen LogP contribution in [0.2, 0.25) is 0 Å². The summed E-state index contributed by atoms with van der Waals surface area (Å²) in [6.45, 7) is 8.57. The lowest BCUT2D eigenvalue weighted by Gasteiger charge is -2.35. The van der Waals surface area contributed by atoms with Gasteiger partial charge in [0.15, 0.2) is 0 Å². The Morgan fingerprint density at radius 3 is 2.14 bits per heavy atom. The molecule has 0 aromatic heterocycles. The highest BCUT2D eigenvalue weighted by atomic mass is 127. The number of hydrogen-bond acceptors (Lipinski definition) is 3. The van der Waals surface area contributed by atoms with Gasteiger partial charge in [-0.2, -0.15) is 0 Å². The third-order valence-corrected chi connectivity index (χ3v) is 5.64. The summed E-state index contributed by atoms with van der Waals surface area (Å²) >= 11 is 2.25. The van der Waals surface area contributed by atoms with E-state index in [9.17, 15) is 4.79 Å². The summed E-state index contributed by atoms with van der Waals surface area (Å²) < 4.78 is 1.04. The van der Waals surface area contributed by atoms with Crippen molar-refractivity contribution in [3.05, 3.63) is 33.4 Å². The quantitative estimate of drug-likeness (QED) is 0.708. The highest BCUT2D eigenvalue weighted by Gasteiger charge is 2.23. The maximum atomic E-state index is 12.6. The van der Waals surface area contributed by atoms with Crippen molar-refractivity contribution in [2.45, 2.75) is 12.8 Å². The number of amides is 1. The van der Waals surface area contributed by atoms with Gasteiger partial charge in [-0.25, -0.2) is 0 Å². The van der Waals surface area contributed by atoms with Crippen molar-refractivity contribution < 1.29 is 4.79 Å². The van der Waals surface area contributed by atoms with Crippen molar-refractivity contribution >= 4 is 28.5 Å². The first-order valence-corrected chi connectivity index (χ1v) is 9.30. The van der Waals surface area contributed by atoms with Gasteiger partial charge in [0, 0.05) is 42.8 Å². The van der Waals surface area contributed by atoms with Crippen LogP contribution in [0.4, 0.5) is 0 Å². The summed E-state index contributed by atoms with van der Waals surface area (Å²) in [5.41, 5.74) is 0.841. The molecule has 0 saturated carbocycles. The predicted molar refractivity (Wildman–Crippen MR) is 97.2 cm³/mol. The molecule has 120 valence electrons. The first-order valence-electron chi connectivity index (χ1n) is 8.22. The summed E-state index contributed by atoms with van der Waals surface area (Å²) in [4.78, 5) is 19.6. The smallest absolute Gasteiger partial charge is 0.255 e. The van der Waals surface area contributed by atoms with Crippen LogP contribution in [0, 0.1) is 3.57 Å². The van der Waals surface area contributed by atoms with Crippen LogP contribution in [-0.4, -0.2) is 73.0 Å². The Morgan fingerprint density at radius 2 is 1.50 bits per heavy atom. The van der Waals surface area contributed by atoms with Gasteiger partial charge in [-0.3, -0.25) is 9.69 Å². The fourth-order valence-electron chi connectivity index (χ4n) is 3.27. The maximum absolute atomic E-state index is 12.6. The van der Waals surface area contributed by atoms with E-state index in [0.717, 1.165) is 41.9 Å². The van der Waals surface area contributed by atoms with Crippen molar-refractivity contribution in [1.82, 2.24) is 14.7 Å². The largest absolute Gasteiger partial charge is 0.336 e. The summed E-state index contributed by atoms with van der Waals surface area (Å²) in [6, 6.07) is 7.86. The Morgan fingerprint density at radius 1 is 0.909 bits per heavy atom. The third kappa shape index (κ3) is 4.00. The molecule has 1 aromatic rings. The molecule has 0 radical (unpaired) electrons.